The van der Waals surface area contributed by atoms with Crippen LogP contribution in [0.2, 0.25) is 0 Å². The fourth-order valence-corrected chi connectivity index (χ4v) is 1.60. The average molecular weight is 200 g/mol. The fraction of sp³-hybridized carbons (Fsp3) is 0.889. The summed E-state index contributed by atoms with van der Waals surface area (Å²) in [5, 5.41) is 5.70. The van der Waals surface area contributed by atoms with Crippen molar-refractivity contribution in [3.05, 3.63) is 0 Å². The Hall–Kier alpha value is -0.810. The van der Waals surface area contributed by atoms with Gasteiger partial charge in [-0.25, -0.2) is 4.79 Å². The molecule has 2 amide bonds. The maximum atomic E-state index is 11.3. The molecule has 0 aliphatic carbocycles. The van der Waals surface area contributed by atoms with Crippen molar-refractivity contribution in [2.75, 3.05) is 26.7 Å². The number of nitrogens with zero attached hydrogens (tertiary/aromatic N) is 1. The lowest BCUT2D eigenvalue weighted by atomic mass is 10.3. The molecule has 0 radical (unpaired) electrons. The van der Waals surface area contributed by atoms with Crippen LogP contribution in [0.15, 0.2) is 0 Å². The number of hydrogen-bond donors (Lipinski definition) is 3. The van der Waals surface area contributed by atoms with E-state index in [9.17, 15) is 4.79 Å². The zero-order chi connectivity index (χ0) is 10.4. The van der Waals surface area contributed by atoms with Crippen LogP contribution < -0.4 is 16.4 Å². The molecule has 5 nitrogen and oxygen atoms in total. The van der Waals surface area contributed by atoms with Gasteiger partial charge in [-0.1, -0.05) is 0 Å². The molecule has 1 heterocycles. The van der Waals surface area contributed by atoms with Gasteiger partial charge in [-0.2, -0.15) is 0 Å². The molecule has 1 rings (SSSR count). The minimum Gasteiger partial charge on any atom is -0.338 e. The Morgan fingerprint density at radius 1 is 1.64 bits per heavy atom. The lowest BCUT2D eigenvalue weighted by Gasteiger charge is -2.20. The largest absolute Gasteiger partial charge is 0.338 e. The van der Waals surface area contributed by atoms with Crippen LogP contribution in [0.3, 0.4) is 0 Å². The van der Waals surface area contributed by atoms with Gasteiger partial charge in [-0.15, -0.1) is 0 Å². The number of rotatable bonds is 4. The highest BCUT2D eigenvalue weighted by Gasteiger charge is 2.21. The molecule has 5 heteroatoms. The molecule has 0 aromatic carbocycles. The molecule has 82 valence electrons. The number of likely N-dealkylation sites (tertiary alicyclic amines) is 1. The third kappa shape index (κ3) is 3.51. The van der Waals surface area contributed by atoms with Crippen molar-refractivity contribution in [2.24, 2.45) is 5.73 Å². The summed E-state index contributed by atoms with van der Waals surface area (Å²) in [7, 11) is 2.03. The highest BCUT2D eigenvalue weighted by atomic mass is 16.2. The number of carbonyl (C=O) groups excluding carboxylic acids is 1. The fourth-order valence-electron chi connectivity index (χ4n) is 1.60. The number of urea groups is 1. The van der Waals surface area contributed by atoms with E-state index in [0.717, 1.165) is 25.8 Å². The minimum atomic E-state index is -0.0859. The maximum absolute atomic E-state index is 11.3. The Bertz CT molecular complexity index is 186. The first kappa shape index (κ1) is 11.3. The van der Waals surface area contributed by atoms with Crippen LogP contribution in [-0.2, 0) is 0 Å². The molecule has 1 aliphatic heterocycles. The van der Waals surface area contributed by atoms with Gasteiger partial charge in [0.15, 0.2) is 0 Å². The monoisotopic (exact) mass is 200 g/mol. The molecule has 0 spiro atoms. The van der Waals surface area contributed by atoms with Crippen molar-refractivity contribution in [1.82, 2.24) is 15.5 Å². The van der Waals surface area contributed by atoms with E-state index in [1.54, 1.807) is 0 Å². The van der Waals surface area contributed by atoms with Gasteiger partial charge in [0.2, 0.25) is 0 Å². The van der Waals surface area contributed by atoms with Gasteiger partial charge in [-0.3, -0.25) is 4.90 Å². The van der Waals surface area contributed by atoms with Crippen molar-refractivity contribution in [3.63, 3.8) is 0 Å². The molecule has 1 fully saturated rings. The molecule has 0 aromatic rings. The predicted molar refractivity (Wildman–Crippen MR) is 55.9 cm³/mol. The van der Waals surface area contributed by atoms with Crippen molar-refractivity contribution in [2.45, 2.75) is 25.4 Å². The molecule has 1 saturated heterocycles. The van der Waals surface area contributed by atoms with Gasteiger partial charge in [0.25, 0.3) is 0 Å². The molecule has 0 aromatic heterocycles. The lowest BCUT2D eigenvalue weighted by molar-refractivity contribution is 0.216. The second kappa shape index (κ2) is 5.82. The van der Waals surface area contributed by atoms with E-state index in [2.05, 4.69) is 15.5 Å². The normalized spacial score (nSPS) is 22.3. The summed E-state index contributed by atoms with van der Waals surface area (Å²) in [5.41, 5.74) is 5.32. The quantitative estimate of drug-likeness (QED) is 0.545. The Morgan fingerprint density at radius 2 is 2.43 bits per heavy atom. The molecule has 1 aliphatic rings. The lowest BCUT2D eigenvalue weighted by Crippen LogP contribution is -2.47. The molecule has 1 atom stereocenters. The van der Waals surface area contributed by atoms with E-state index in [-0.39, 0.29) is 12.2 Å². The topological polar surface area (TPSA) is 70.4 Å². The number of hydrogen-bond acceptors (Lipinski definition) is 3. The van der Waals surface area contributed by atoms with Gasteiger partial charge in [0, 0.05) is 6.54 Å². The Labute approximate surface area is 85.0 Å². The summed E-state index contributed by atoms with van der Waals surface area (Å²) in [6.45, 7) is 2.33. The van der Waals surface area contributed by atoms with E-state index in [4.69, 9.17) is 5.73 Å². The van der Waals surface area contributed by atoms with Gasteiger partial charge in [0.05, 0.1) is 6.17 Å². The third-order valence-electron chi connectivity index (χ3n) is 2.48. The van der Waals surface area contributed by atoms with Crippen LogP contribution in [0, 0.1) is 0 Å². The predicted octanol–water partition coefficient (Wildman–Crippen LogP) is -0.314. The molecule has 4 N–H and O–H groups in total. The van der Waals surface area contributed by atoms with Crippen LogP contribution in [0.4, 0.5) is 4.79 Å². The first-order valence-corrected chi connectivity index (χ1v) is 5.18. The molecule has 0 saturated carbocycles. The maximum Gasteiger partial charge on any atom is 0.316 e. The summed E-state index contributed by atoms with van der Waals surface area (Å²) in [5.74, 6) is 0. The molecular weight excluding hydrogens is 180 g/mol. The van der Waals surface area contributed by atoms with Crippen molar-refractivity contribution in [1.29, 1.82) is 0 Å². The molecule has 0 bridgehead atoms. The van der Waals surface area contributed by atoms with Crippen LogP contribution in [-0.4, -0.2) is 43.8 Å². The van der Waals surface area contributed by atoms with E-state index >= 15 is 0 Å². The molecule has 14 heavy (non-hydrogen) atoms. The van der Waals surface area contributed by atoms with E-state index in [1.807, 2.05) is 7.05 Å². The number of carbonyl (C=O) groups is 1. The second-order valence-corrected chi connectivity index (χ2v) is 3.68. The first-order valence-electron chi connectivity index (χ1n) is 5.18. The summed E-state index contributed by atoms with van der Waals surface area (Å²) >= 11 is 0. The summed E-state index contributed by atoms with van der Waals surface area (Å²) in [6.07, 6.45) is 3.23. The van der Waals surface area contributed by atoms with Crippen LogP contribution in [0.1, 0.15) is 19.3 Å². The van der Waals surface area contributed by atoms with Crippen molar-refractivity contribution in [3.8, 4) is 0 Å². The van der Waals surface area contributed by atoms with Gasteiger partial charge >= 0.3 is 6.03 Å². The van der Waals surface area contributed by atoms with Gasteiger partial charge in [0.1, 0.15) is 0 Å². The summed E-state index contributed by atoms with van der Waals surface area (Å²) in [6, 6.07) is -0.0859. The highest BCUT2D eigenvalue weighted by Crippen LogP contribution is 2.11. The van der Waals surface area contributed by atoms with Crippen LogP contribution in [0.5, 0.6) is 0 Å². The standard InChI is InChI=1S/C9H20N4O/c1-13-7-2-4-8(13)12-9(14)11-6-3-5-10/h8H,2-7,10H2,1H3,(H2,11,12,14). The Kier molecular flexibility index (Phi) is 4.69. The Balaban J connectivity index is 2.13. The minimum absolute atomic E-state index is 0.0859. The van der Waals surface area contributed by atoms with Gasteiger partial charge in [-0.05, 0) is 39.4 Å². The number of amides is 2. The average Bonchev–Trinajstić information content (AvgIpc) is 2.52. The third-order valence-corrected chi connectivity index (χ3v) is 2.48. The van der Waals surface area contributed by atoms with E-state index in [1.165, 1.54) is 0 Å². The highest BCUT2D eigenvalue weighted by molar-refractivity contribution is 5.74. The number of nitrogens with one attached hydrogen (secondary N) is 2. The summed E-state index contributed by atoms with van der Waals surface area (Å²) < 4.78 is 0. The van der Waals surface area contributed by atoms with E-state index in [0.29, 0.717) is 13.1 Å². The second-order valence-electron chi connectivity index (χ2n) is 3.68. The molecule has 1 unspecified atom stereocenters. The van der Waals surface area contributed by atoms with Crippen molar-refractivity contribution >= 4 is 6.03 Å². The van der Waals surface area contributed by atoms with Crippen molar-refractivity contribution < 1.29 is 4.79 Å². The van der Waals surface area contributed by atoms with Crippen LogP contribution >= 0.6 is 0 Å². The Morgan fingerprint density at radius 3 is 3.00 bits per heavy atom. The number of nitrogens with two attached hydrogens (primary N) is 1. The van der Waals surface area contributed by atoms with E-state index < -0.39 is 0 Å². The molecular formula is C9H20N4O. The smallest absolute Gasteiger partial charge is 0.316 e. The van der Waals surface area contributed by atoms with Gasteiger partial charge < -0.3 is 16.4 Å². The SMILES string of the molecule is CN1CCCC1NC(=O)NCCCN. The van der Waals surface area contributed by atoms with Crippen LogP contribution in [0.25, 0.3) is 0 Å². The summed E-state index contributed by atoms with van der Waals surface area (Å²) in [4.78, 5) is 13.5. The zero-order valence-corrected chi connectivity index (χ0v) is 8.75. The zero-order valence-electron chi connectivity index (χ0n) is 8.75. The first-order chi connectivity index (χ1) is 6.74.